The van der Waals surface area contributed by atoms with Crippen LogP contribution in [0.5, 0.6) is 5.75 Å². The van der Waals surface area contributed by atoms with E-state index in [1.807, 2.05) is 6.92 Å². The zero-order chi connectivity index (χ0) is 14.6. The molecule has 1 saturated carbocycles. The van der Waals surface area contributed by atoms with E-state index in [9.17, 15) is 8.42 Å². The molecule has 20 heavy (non-hydrogen) atoms. The lowest BCUT2D eigenvalue weighted by atomic mass is 10.3. The van der Waals surface area contributed by atoms with Gasteiger partial charge in [-0.25, -0.2) is 8.42 Å². The van der Waals surface area contributed by atoms with E-state index in [-0.39, 0.29) is 6.04 Å². The van der Waals surface area contributed by atoms with Crippen molar-refractivity contribution in [3.8, 4) is 5.75 Å². The van der Waals surface area contributed by atoms with E-state index in [1.165, 1.54) is 0 Å². The van der Waals surface area contributed by atoms with Crippen molar-refractivity contribution in [3.63, 3.8) is 0 Å². The Morgan fingerprint density at radius 3 is 2.45 bits per heavy atom. The number of nitrogens with two attached hydrogens (primary N) is 1. The molecule has 2 rings (SSSR count). The lowest BCUT2D eigenvalue weighted by molar-refractivity contribution is 0.328. The molecule has 1 aliphatic rings. The van der Waals surface area contributed by atoms with Gasteiger partial charge in [-0.2, -0.15) is 4.31 Å². The molecule has 0 aromatic heterocycles. The third-order valence-corrected chi connectivity index (χ3v) is 5.18. The number of rotatable bonds is 8. The Hall–Kier alpha value is -1.11. The normalized spacial score (nSPS) is 15.6. The number of hydrogen-bond donors (Lipinski definition) is 1. The molecular weight excluding hydrogens is 276 g/mol. The maximum atomic E-state index is 12.6. The molecule has 1 fully saturated rings. The Balaban J connectivity index is 2.15. The summed E-state index contributed by atoms with van der Waals surface area (Å²) in [5.74, 6) is 0.642. The zero-order valence-corrected chi connectivity index (χ0v) is 12.6. The van der Waals surface area contributed by atoms with Crippen LogP contribution >= 0.6 is 0 Å². The van der Waals surface area contributed by atoms with Crippen LogP contribution < -0.4 is 10.5 Å². The Labute approximate surface area is 120 Å². The molecule has 2 N–H and O–H groups in total. The predicted molar refractivity (Wildman–Crippen MR) is 78.2 cm³/mol. The maximum Gasteiger partial charge on any atom is 0.243 e. The summed E-state index contributed by atoms with van der Waals surface area (Å²) >= 11 is 0. The van der Waals surface area contributed by atoms with E-state index >= 15 is 0 Å². The van der Waals surface area contributed by atoms with Crippen LogP contribution in [-0.4, -0.2) is 38.5 Å². The SMILES string of the molecule is CCCN(C1CC1)S(=O)(=O)c1ccc(OCCN)cc1. The van der Waals surface area contributed by atoms with Crippen LogP contribution in [0.3, 0.4) is 0 Å². The number of ether oxygens (including phenoxy) is 1. The average Bonchev–Trinajstić information content (AvgIpc) is 3.27. The third-order valence-electron chi connectivity index (χ3n) is 3.22. The second-order valence-corrected chi connectivity index (χ2v) is 6.85. The largest absolute Gasteiger partial charge is 0.492 e. The van der Waals surface area contributed by atoms with Crippen LogP contribution in [0, 0.1) is 0 Å². The van der Waals surface area contributed by atoms with Gasteiger partial charge in [-0.15, -0.1) is 0 Å². The second kappa shape index (κ2) is 6.56. The van der Waals surface area contributed by atoms with Crippen molar-refractivity contribution >= 4 is 10.0 Å². The molecule has 112 valence electrons. The fraction of sp³-hybridized carbons (Fsp3) is 0.571. The first-order chi connectivity index (χ1) is 9.59. The third kappa shape index (κ3) is 3.50. The Morgan fingerprint density at radius 2 is 1.95 bits per heavy atom. The van der Waals surface area contributed by atoms with Crippen LogP contribution in [0.25, 0.3) is 0 Å². The summed E-state index contributed by atoms with van der Waals surface area (Å²) in [6.45, 7) is 3.44. The lowest BCUT2D eigenvalue weighted by Crippen LogP contribution is -2.33. The summed E-state index contributed by atoms with van der Waals surface area (Å²) < 4.78 is 32.2. The van der Waals surface area contributed by atoms with Crippen molar-refractivity contribution in [2.45, 2.75) is 37.1 Å². The van der Waals surface area contributed by atoms with Gasteiger partial charge in [0.05, 0.1) is 4.90 Å². The Bertz CT molecular complexity index is 524. The molecule has 5 nitrogen and oxygen atoms in total. The molecule has 1 aromatic rings. The van der Waals surface area contributed by atoms with Crippen LogP contribution in [0.4, 0.5) is 0 Å². The fourth-order valence-electron chi connectivity index (χ4n) is 2.10. The van der Waals surface area contributed by atoms with Crippen molar-refractivity contribution in [2.75, 3.05) is 19.7 Å². The monoisotopic (exact) mass is 298 g/mol. The topological polar surface area (TPSA) is 72.6 Å². The highest BCUT2D eigenvalue weighted by molar-refractivity contribution is 7.89. The minimum atomic E-state index is -3.38. The van der Waals surface area contributed by atoms with Gasteiger partial charge in [-0.1, -0.05) is 6.92 Å². The van der Waals surface area contributed by atoms with E-state index in [4.69, 9.17) is 10.5 Å². The van der Waals surface area contributed by atoms with Crippen LogP contribution in [-0.2, 0) is 10.0 Å². The van der Waals surface area contributed by atoms with Gasteiger partial charge >= 0.3 is 0 Å². The number of hydrogen-bond acceptors (Lipinski definition) is 4. The highest BCUT2D eigenvalue weighted by Gasteiger charge is 2.37. The number of nitrogens with zero attached hydrogens (tertiary/aromatic N) is 1. The van der Waals surface area contributed by atoms with E-state index in [0.29, 0.717) is 30.3 Å². The maximum absolute atomic E-state index is 12.6. The van der Waals surface area contributed by atoms with E-state index in [2.05, 4.69) is 0 Å². The van der Waals surface area contributed by atoms with Gasteiger partial charge in [0.15, 0.2) is 0 Å². The van der Waals surface area contributed by atoms with Crippen molar-refractivity contribution in [2.24, 2.45) is 5.73 Å². The minimum Gasteiger partial charge on any atom is -0.492 e. The van der Waals surface area contributed by atoms with E-state index in [1.54, 1.807) is 28.6 Å². The molecule has 1 aromatic carbocycles. The van der Waals surface area contributed by atoms with Crippen molar-refractivity contribution in [1.29, 1.82) is 0 Å². The fourth-order valence-corrected chi connectivity index (χ4v) is 3.88. The molecule has 6 heteroatoms. The summed E-state index contributed by atoms with van der Waals surface area (Å²) in [6, 6.07) is 6.76. The van der Waals surface area contributed by atoms with Crippen LogP contribution in [0.2, 0.25) is 0 Å². The average molecular weight is 298 g/mol. The molecule has 0 unspecified atom stereocenters. The summed E-state index contributed by atoms with van der Waals surface area (Å²) in [7, 11) is -3.38. The predicted octanol–water partition coefficient (Wildman–Crippen LogP) is 1.59. The molecule has 0 aliphatic heterocycles. The minimum absolute atomic E-state index is 0.188. The standard InChI is InChI=1S/C14H22N2O3S/c1-2-10-16(12-3-4-12)20(17,18)14-7-5-13(6-8-14)19-11-9-15/h5-8,12H,2-4,9-11,15H2,1H3. The van der Waals surface area contributed by atoms with Gasteiger partial charge < -0.3 is 10.5 Å². The van der Waals surface area contributed by atoms with Gasteiger partial charge in [0.1, 0.15) is 12.4 Å². The van der Waals surface area contributed by atoms with Crippen molar-refractivity contribution < 1.29 is 13.2 Å². The summed E-state index contributed by atoms with van der Waals surface area (Å²) in [5, 5.41) is 0. The van der Waals surface area contributed by atoms with Crippen molar-refractivity contribution in [3.05, 3.63) is 24.3 Å². The Morgan fingerprint density at radius 1 is 1.30 bits per heavy atom. The number of benzene rings is 1. The lowest BCUT2D eigenvalue weighted by Gasteiger charge is -2.21. The molecule has 0 heterocycles. The quantitative estimate of drug-likeness (QED) is 0.791. The smallest absolute Gasteiger partial charge is 0.243 e. The molecule has 0 saturated heterocycles. The van der Waals surface area contributed by atoms with Crippen LogP contribution in [0.15, 0.2) is 29.2 Å². The molecule has 1 aliphatic carbocycles. The zero-order valence-electron chi connectivity index (χ0n) is 11.8. The van der Waals surface area contributed by atoms with Gasteiger partial charge in [-0.05, 0) is 43.5 Å². The highest BCUT2D eigenvalue weighted by atomic mass is 32.2. The van der Waals surface area contributed by atoms with E-state index in [0.717, 1.165) is 19.3 Å². The first-order valence-corrected chi connectivity index (χ1v) is 8.48. The summed E-state index contributed by atoms with van der Waals surface area (Å²) in [4.78, 5) is 0.331. The Kier molecular flexibility index (Phi) is 5.01. The molecule has 0 radical (unpaired) electrons. The first kappa shape index (κ1) is 15.3. The summed E-state index contributed by atoms with van der Waals surface area (Å²) in [5.41, 5.74) is 5.36. The molecular formula is C14H22N2O3S. The van der Waals surface area contributed by atoms with Crippen LogP contribution in [0.1, 0.15) is 26.2 Å². The highest BCUT2D eigenvalue weighted by Crippen LogP contribution is 2.32. The summed E-state index contributed by atoms with van der Waals surface area (Å²) in [6.07, 6.45) is 2.77. The first-order valence-electron chi connectivity index (χ1n) is 7.04. The van der Waals surface area contributed by atoms with Crippen molar-refractivity contribution in [1.82, 2.24) is 4.31 Å². The molecule has 0 amide bonds. The number of sulfonamides is 1. The van der Waals surface area contributed by atoms with Gasteiger partial charge in [0.2, 0.25) is 10.0 Å². The van der Waals surface area contributed by atoms with Gasteiger partial charge in [0, 0.05) is 19.1 Å². The molecule has 0 atom stereocenters. The second-order valence-electron chi connectivity index (χ2n) is 4.96. The van der Waals surface area contributed by atoms with Gasteiger partial charge in [0.25, 0.3) is 0 Å². The molecule has 0 bridgehead atoms. The van der Waals surface area contributed by atoms with E-state index < -0.39 is 10.0 Å². The molecule has 0 spiro atoms. The van der Waals surface area contributed by atoms with Gasteiger partial charge in [-0.3, -0.25) is 0 Å².